The Hall–Kier alpha value is -5.74. The number of alkyl halides is 6. The minimum absolute atomic E-state index is 0.00879. The number of aliphatic imine (C=N–C) groups is 2. The Balaban J connectivity index is 1.59. The molecular weight excluding hydrogens is 1310 g/mol. The van der Waals surface area contributed by atoms with Crippen LogP contribution in [-0.2, 0) is 42.4 Å². The quantitative estimate of drug-likeness (QED) is 0.00535. The van der Waals surface area contributed by atoms with Gasteiger partial charge in [-0.2, -0.15) is 36.3 Å². The first kappa shape index (κ1) is 77.7. The lowest BCUT2D eigenvalue weighted by Gasteiger charge is -2.37. The van der Waals surface area contributed by atoms with Crippen molar-refractivity contribution in [2.45, 2.75) is 144 Å². The number of halogens is 6. The molecule has 4 heterocycles. The van der Waals surface area contributed by atoms with E-state index in [1.165, 1.54) is 77.7 Å². The number of amides is 2. The van der Waals surface area contributed by atoms with Gasteiger partial charge >= 0.3 is 35.5 Å². The van der Waals surface area contributed by atoms with E-state index in [9.17, 15) is 56.2 Å². The summed E-state index contributed by atoms with van der Waals surface area (Å²) in [7, 11) is 7.33. The molecule has 2 aromatic rings. The summed E-state index contributed by atoms with van der Waals surface area (Å²) in [6.45, 7) is 15.1. The van der Waals surface area contributed by atoms with Crippen LogP contribution in [0.5, 0.6) is 0 Å². The van der Waals surface area contributed by atoms with E-state index < -0.39 is 103 Å². The lowest BCUT2D eigenvalue weighted by atomic mass is 10.2. The second-order valence-electron chi connectivity index (χ2n) is 22.9. The molecule has 2 aromatic heterocycles. The molecule has 2 aliphatic rings. The number of rotatable bonds is 32. The van der Waals surface area contributed by atoms with E-state index in [2.05, 4.69) is 84.5 Å². The number of aliphatic hydroxyl groups excluding tert-OH is 1. The first-order valence-corrected chi connectivity index (χ1v) is 35.1. The summed E-state index contributed by atoms with van der Waals surface area (Å²) in [4.78, 5) is 76.2. The maximum absolute atomic E-state index is 13.9. The maximum Gasteiger partial charge on any atom is 0.471 e. The van der Waals surface area contributed by atoms with E-state index in [0.29, 0.717) is 0 Å². The van der Waals surface area contributed by atoms with Crippen LogP contribution in [0.15, 0.2) is 42.2 Å². The minimum atomic E-state index is -5.02. The molecule has 4 rings (SSSR count). The average Bonchev–Trinajstić information content (AvgIpc) is 1.75. The van der Waals surface area contributed by atoms with Crippen molar-refractivity contribution in [2.75, 3.05) is 85.8 Å². The van der Waals surface area contributed by atoms with Gasteiger partial charge in [0.2, 0.25) is 0 Å². The minimum Gasteiger partial charge on any atom is -0.414 e. The maximum atomic E-state index is 13.9. The number of hydrogen-bond acceptors (Lipinski definition) is 22. The topological polar surface area (TPSA) is 342 Å². The van der Waals surface area contributed by atoms with Gasteiger partial charge in [-0.25, -0.2) is 19.6 Å². The van der Waals surface area contributed by atoms with Crippen molar-refractivity contribution in [1.82, 2.24) is 39.5 Å². The summed E-state index contributed by atoms with van der Waals surface area (Å²) < 4.78 is 119. The predicted molar refractivity (Wildman–Crippen MR) is 336 cm³/mol. The van der Waals surface area contributed by atoms with Gasteiger partial charge in [-0.3, -0.25) is 18.7 Å². The Morgan fingerprint density at radius 3 is 1.74 bits per heavy atom. The second-order valence-corrected chi connectivity index (χ2v) is 33.6. The van der Waals surface area contributed by atoms with E-state index >= 15 is 0 Å². The van der Waals surface area contributed by atoms with Crippen LogP contribution in [0.1, 0.15) is 84.9 Å². The highest BCUT2D eigenvalue weighted by molar-refractivity contribution is 8.77. The molecule has 28 nitrogen and oxygen atoms in total. The molecule has 7 atom stereocenters. The van der Waals surface area contributed by atoms with Crippen LogP contribution < -0.4 is 22.0 Å². The molecule has 2 aliphatic heterocycles. The molecule has 504 valence electrons. The lowest BCUT2D eigenvalue weighted by molar-refractivity contribution is -0.173. The molecule has 0 bridgehead atoms. The van der Waals surface area contributed by atoms with E-state index in [4.69, 9.17) is 38.4 Å². The van der Waals surface area contributed by atoms with Gasteiger partial charge < -0.3 is 58.4 Å². The highest BCUT2D eigenvalue weighted by Gasteiger charge is 2.44. The molecule has 39 heteroatoms. The molecule has 0 spiro atoms. The molecule has 0 aromatic carbocycles. The SMILES string of the molecule is CN(C)/C=N/c1nc(=O)n([C@H]2CC(OC(CN(C)/C=N/c3nc(=O)n([C@H]4CC(OCN=[N+]=[N-])[C@@H](CO)O4)cc3C#CCOCSSC(C)(C)CNC(=O)C(F)(F)F)N=[N+]=[N-])[C@@H](CO[Si](C)(C)C(C)(C)C)O2)cc1C#CCOCSSC(C)(C)CNC(=O)C(F)(F)F. The van der Waals surface area contributed by atoms with Crippen molar-refractivity contribution in [3.63, 3.8) is 0 Å². The summed E-state index contributed by atoms with van der Waals surface area (Å²) in [5.74, 6) is 7.40. The standard InChI is InChI=1S/C52H74F6N16O12S4Si/c1-48(2,3)91(11,12)83-25-38-36(20-41(86-38)74-21-33(42(66-46(74)78)63-28-71(8)9)15-13-17-80-31-87-89-49(4,5)26-61-44(76)51(53,54)55)84-39(68-70-60)23-72(10)29-64-43-34(16-14-18-81-32-88-90-50(6,7)27-62-45(77)52(56,57)58)22-73(47(79)67-43)40-19-35(37(24-75)85-40)82-30-65-69-59/h21-22,28-29,35-41,75H,17-20,23-27,30-32H2,1-12H3,(H,61,76)(H,62,77)/b63-28+,64-29+/t35?,36?,37-,38-,39?,40-,41-/m1/s1. The summed E-state index contributed by atoms with van der Waals surface area (Å²) in [5, 5.41) is 20.8. The average molecular weight is 1390 g/mol. The number of carbonyl (C=O) groups excluding carboxylic acids is 2. The molecule has 3 unspecified atom stereocenters. The molecule has 2 amide bonds. The summed E-state index contributed by atoms with van der Waals surface area (Å²) in [6.07, 6.45) is -11.2. The third-order valence-corrected chi connectivity index (χ3v) is 23.5. The van der Waals surface area contributed by atoms with E-state index in [1.54, 1.807) is 53.7 Å². The van der Waals surface area contributed by atoms with E-state index in [1.807, 2.05) is 23.7 Å². The molecule has 0 radical (unpaired) electrons. The molecular formula is C52H74F6N16O12S4Si. The Morgan fingerprint density at radius 2 is 1.29 bits per heavy atom. The number of carbonyl (C=O) groups is 2. The summed E-state index contributed by atoms with van der Waals surface area (Å²) >= 11 is 0. The van der Waals surface area contributed by atoms with Crippen LogP contribution in [0.25, 0.3) is 20.9 Å². The molecule has 0 saturated carbocycles. The first-order chi connectivity index (χ1) is 42.5. The van der Waals surface area contributed by atoms with Gasteiger partial charge in [0.15, 0.2) is 26.2 Å². The van der Waals surface area contributed by atoms with Crippen molar-refractivity contribution in [3.05, 3.63) is 65.4 Å². The third-order valence-electron chi connectivity index (χ3n) is 13.1. The van der Waals surface area contributed by atoms with Crippen LogP contribution in [-0.4, -0.2) is 205 Å². The van der Waals surface area contributed by atoms with Crippen molar-refractivity contribution in [1.29, 1.82) is 0 Å². The van der Waals surface area contributed by atoms with Crippen molar-refractivity contribution < 1.29 is 73.9 Å². The van der Waals surface area contributed by atoms with Crippen LogP contribution in [0.3, 0.4) is 0 Å². The number of likely N-dealkylation sites (N-methyl/N-ethyl adjacent to an activating group) is 1. The van der Waals surface area contributed by atoms with Gasteiger partial charge in [-0.1, -0.05) is 97.9 Å². The zero-order valence-corrected chi connectivity index (χ0v) is 56.2. The summed E-state index contributed by atoms with van der Waals surface area (Å²) in [6, 6.07) is 0. The van der Waals surface area contributed by atoms with E-state index in [0.717, 1.165) is 4.57 Å². The Bertz CT molecular complexity index is 3200. The van der Waals surface area contributed by atoms with Gasteiger partial charge in [-0.15, -0.1) is 0 Å². The second kappa shape index (κ2) is 35.5. The van der Waals surface area contributed by atoms with Gasteiger partial charge in [0.25, 0.3) is 0 Å². The molecule has 91 heavy (non-hydrogen) atoms. The Morgan fingerprint density at radius 1 is 0.802 bits per heavy atom. The number of aliphatic hydroxyl groups is 1. The normalized spacial score (nSPS) is 19.2. The zero-order valence-electron chi connectivity index (χ0n) is 51.9. The number of ether oxygens (including phenoxy) is 6. The van der Waals surface area contributed by atoms with Crippen molar-refractivity contribution in [2.24, 2.45) is 20.2 Å². The number of nitrogens with zero attached hydrogens (tertiary/aromatic N) is 14. The van der Waals surface area contributed by atoms with Crippen LogP contribution in [0.2, 0.25) is 18.1 Å². The number of azide groups is 2. The number of hydrogen-bond donors (Lipinski definition) is 3. The fourth-order valence-corrected chi connectivity index (χ4v) is 12.7. The highest BCUT2D eigenvalue weighted by Crippen LogP contribution is 2.40. The smallest absolute Gasteiger partial charge is 0.414 e. The zero-order chi connectivity index (χ0) is 68.0. The largest absolute Gasteiger partial charge is 0.471 e. The van der Waals surface area contributed by atoms with Crippen molar-refractivity contribution >= 4 is 87.6 Å². The number of nitrogens with one attached hydrogen (secondary N) is 2. The lowest BCUT2D eigenvalue weighted by Crippen LogP contribution is -2.44. The van der Waals surface area contributed by atoms with Gasteiger partial charge in [0, 0.05) is 78.8 Å². The van der Waals surface area contributed by atoms with Gasteiger partial charge in [-0.05, 0) is 56.9 Å². The molecule has 3 N–H and O–H groups in total. The van der Waals surface area contributed by atoms with Crippen LogP contribution in [0.4, 0.5) is 38.0 Å². The highest BCUT2D eigenvalue weighted by atomic mass is 33.1. The van der Waals surface area contributed by atoms with E-state index in [-0.39, 0.29) is 98.7 Å². The van der Waals surface area contributed by atoms with Gasteiger partial charge in [0.05, 0.1) is 55.8 Å². The fraction of sp³-hybridized carbons (Fsp3) is 0.692. The van der Waals surface area contributed by atoms with Gasteiger partial charge in [0.1, 0.15) is 56.5 Å². The van der Waals surface area contributed by atoms with Crippen LogP contribution >= 0.6 is 43.2 Å². The molecule has 2 fully saturated rings. The molecule has 2 saturated heterocycles. The molecule has 0 aliphatic carbocycles. The Labute approximate surface area is 538 Å². The third kappa shape index (κ3) is 26.3. The van der Waals surface area contributed by atoms with Crippen LogP contribution in [0, 0.1) is 23.7 Å². The summed E-state index contributed by atoms with van der Waals surface area (Å²) in [5.41, 5.74) is 17.3. The Kier molecular flexibility index (Phi) is 30.3. The monoisotopic (exact) mass is 1380 g/mol. The fourth-order valence-electron chi connectivity index (χ4n) is 7.46. The predicted octanol–water partition coefficient (Wildman–Crippen LogP) is 7.91. The number of aromatic nitrogens is 4. The van der Waals surface area contributed by atoms with Crippen molar-refractivity contribution in [3.8, 4) is 23.7 Å². The first-order valence-electron chi connectivity index (χ1n) is 27.5.